The lowest BCUT2D eigenvalue weighted by atomic mass is 10.2. The lowest BCUT2D eigenvalue weighted by Crippen LogP contribution is -2.27. The van der Waals surface area contributed by atoms with Crippen LogP contribution in [-0.4, -0.2) is 42.0 Å². The summed E-state index contributed by atoms with van der Waals surface area (Å²) in [5.41, 5.74) is 1.41. The van der Waals surface area contributed by atoms with Crippen molar-refractivity contribution < 1.29 is 14.3 Å². The van der Waals surface area contributed by atoms with Crippen LogP contribution in [0, 0.1) is 0 Å². The molecule has 1 heterocycles. The average molecular weight is 440 g/mol. The Labute approximate surface area is 184 Å². The molecule has 160 valence electrons. The number of nitrogens with zero attached hydrogens (tertiary/aromatic N) is 2. The summed E-state index contributed by atoms with van der Waals surface area (Å²) in [4.78, 5) is 38.0. The maximum absolute atomic E-state index is 12.7. The molecule has 0 aliphatic heterocycles. The van der Waals surface area contributed by atoms with Crippen molar-refractivity contribution in [3.63, 3.8) is 0 Å². The minimum atomic E-state index is -0.368. The van der Waals surface area contributed by atoms with E-state index < -0.39 is 0 Å². The predicted molar refractivity (Wildman–Crippen MR) is 120 cm³/mol. The molecule has 0 radical (unpaired) electrons. The van der Waals surface area contributed by atoms with Crippen LogP contribution >= 0.6 is 11.6 Å². The third-order valence-corrected chi connectivity index (χ3v) is 4.87. The Bertz CT molecular complexity index is 1160. The first-order valence-electron chi connectivity index (χ1n) is 9.52. The number of nitrogens with one attached hydrogen (secondary N) is 1. The minimum absolute atomic E-state index is 0.120. The van der Waals surface area contributed by atoms with Gasteiger partial charge in [0.15, 0.2) is 6.61 Å². The SMILES string of the molecule is CN(C)C(=O)COc1cccc(C(=O)Nc2ccc(=O)n(Cc3ccccc3Cl)c2)c1. The van der Waals surface area contributed by atoms with Gasteiger partial charge in [0.2, 0.25) is 0 Å². The number of ether oxygens (including phenoxy) is 1. The fraction of sp³-hybridized carbons (Fsp3) is 0.174. The summed E-state index contributed by atoms with van der Waals surface area (Å²) in [6, 6.07) is 16.7. The number of pyridine rings is 1. The summed E-state index contributed by atoms with van der Waals surface area (Å²) in [5, 5.41) is 3.34. The second kappa shape index (κ2) is 9.95. The molecule has 8 heteroatoms. The number of amides is 2. The van der Waals surface area contributed by atoms with Gasteiger partial charge < -0.3 is 19.5 Å². The Hall–Kier alpha value is -3.58. The van der Waals surface area contributed by atoms with Crippen molar-refractivity contribution in [3.05, 3.63) is 93.4 Å². The van der Waals surface area contributed by atoms with E-state index in [-0.39, 0.29) is 30.5 Å². The van der Waals surface area contributed by atoms with Gasteiger partial charge in [-0.3, -0.25) is 14.4 Å². The predicted octanol–water partition coefficient (Wildman–Crippen LogP) is 3.27. The molecule has 1 aromatic heterocycles. The Kier molecular flexibility index (Phi) is 7.10. The first-order chi connectivity index (χ1) is 14.8. The molecule has 3 aromatic rings. The molecule has 0 aliphatic rings. The molecule has 31 heavy (non-hydrogen) atoms. The molecule has 2 aromatic carbocycles. The highest BCUT2D eigenvalue weighted by Crippen LogP contribution is 2.17. The van der Waals surface area contributed by atoms with Crippen molar-refractivity contribution >= 4 is 29.1 Å². The van der Waals surface area contributed by atoms with Crippen LogP contribution < -0.4 is 15.6 Å². The highest BCUT2D eigenvalue weighted by molar-refractivity contribution is 6.31. The van der Waals surface area contributed by atoms with E-state index in [2.05, 4.69) is 5.32 Å². The van der Waals surface area contributed by atoms with E-state index >= 15 is 0 Å². The fourth-order valence-corrected chi connectivity index (χ4v) is 2.94. The molecule has 0 saturated heterocycles. The topological polar surface area (TPSA) is 80.6 Å². The van der Waals surface area contributed by atoms with Gasteiger partial charge in [0.1, 0.15) is 5.75 Å². The molecular weight excluding hydrogens is 418 g/mol. The summed E-state index contributed by atoms with van der Waals surface area (Å²) in [5.74, 6) is -0.144. The molecule has 0 saturated carbocycles. The molecule has 0 atom stereocenters. The van der Waals surface area contributed by atoms with Crippen molar-refractivity contribution in [3.8, 4) is 5.75 Å². The number of rotatable bonds is 7. The lowest BCUT2D eigenvalue weighted by Gasteiger charge is -2.12. The highest BCUT2D eigenvalue weighted by Gasteiger charge is 2.11. The Balaban J connectivity index is 1.72. The zero-order valence-corrected chi connectivity index (χ0v) is 17.9. The summed E-state index contributed by atoms with van der Waals surface area (Å²) in [6.45, 7) is 0.163. The van der Waals surface area contributed by atoms with E-state index in [0.29, 0.717) is 22.0 Å². The van der Waals surface area contributed by atoms with Gasteiger partial charge >= 0.3 is 0 Å². The molecule has 3 rings (SSSR count). The molecule has 0 bridgehead atoms. The highest BCUT2D eigenvalue weighted by atomic mass is 35.5. The van der Waals surface area contributed by atoms with E-state index in [4.69, 9.17) is 16.3 Å². The number of aromatic nitrogens is 1. The standard InChI is InChI=1S/C23H22ClN3O4/c1-26(2)22(29)15-31-19-8-5-7-16(12-19)23(30)25-18-10-11-21(28)27(14-18)13-17-6-3-4-9-20(17)24/h3-12,14H,13,15H2,1-2H3,(H,25,30). The van der Waals surface area contributed by atoms with Gasteiger partial charge in [-0.1, -0.05) is 35.9 Å². The quantitative estimate of drug-likeness (QED) is 0.612. The second-order valence-electron chi connectivity index (χ2n) is 7.03. The number of carbonyl (C=O) groups excluding carboxylic acids is 2. The first kappa shape index (κ1) is 22.1. The summed E-state index contributed by atoms with van der Waals surface area (Å²) in [6.07, 6.45) is 1.57. The van der Waals surface area contributed by atoms with Crippen molar-refractivity contribution in [2.24, 2.45) is 0 Å². The smallest absolute Gasteiger partial charge is 0.259 e. The number of halogens is 1. The largest absolute Gasteiger partial charge is 0.484 e. The maximum atomic E-state index is 12.7. The summed E-state index contributed by atoms with van der Waals surface area (Å²) < 4.78 is 6.93. The minimum Gasteiger partial charge on any atom is -0.484 e. The van der Waals surface area contributed by atoms with Gasteiger partial charge in [-0.15, -0.1) is 0 Å². The maximum Gasteiger partial charge on any atom is 0.259 e. The van der Waals surface area contributed by atoms with Crippen LogP contribution in [-0.2, 0) is 11.3 Å². The van der Waals surface area contributed by atoms with Crippen LogP contribution in [0.2, 0.25) is 5.02 Å². The number of likely N-dealkylation sites (N-methyl/N-ethyl adjacent to an activating group) is 1. The van der Waals surface area contributed by atoms with Crippen LogP contribution in [0.4, 0.5) is 5.69 Å². The Morgan fingerprint density at radius 1 is 1.06 bits per heavy atom. The Morgan fingerprint density at radius 2 is 1.84 bits per heavy atom. The Morgan fingerprint density at radius 3 is 2.58 bits per heavy atom. The van der Waals surface area contributed by atoms with Crippen molar-refractivity contribution in [2.45, 2.75) is 6.54 Å². The van der Waals surface area contributed by atoms with Gasteiger partial charge in [-0.05, 0) is 35.9 Å². The van der Waals surface area contributed by atoms with Crippen molar-refractivity contribution in [1.29, 1.82) is 0 Å². The molecule has 2 amide bonds. The normalized spacial score (nSPS) is 10.4. The summed E-state index contributed by atoms with van der Waals surface area (Å²) in [7, 11) is 3.28. The van der Waals surface area contributed by atoms with E-state index in [9.17, 15) is 14.4 Å². The molecule has 7 nitrogen and oxygen atoms in total. The van der Waals surface area contributed by atoms with Crippen LogP contribution in [0.15, 0.2) is 71.7 Å². The third kappa shape index (κ3) is 5.96. The zero-order chi connectivity index (χ0) is 22.4. The molecule has 0 fully saturated rings. The molecule has 0 aliphatic carbocycles. The van der Waals surface area contributed by atoms with Gasteiger partial charge in [0, 0.05) is 36.9 Å². The molecule has 1 N–H and O–H groups in total. The number of carbonyl (C=O) groups is 2. The van der Waals surface area contributed by atoms with Gasteiger partial charge in [0.05, 0.1) is 12.2 Å². The lowest BCUT2D eigenvalue weighted by molar-refractivity contribution is -0.130. The third-order valence-electron chi connectivity index (χ3n) is 4.50. The van der Waals surface area contributed by atoms with Crippen LogP contribution in [0.5, 0.6) is 5.75 Å². The zero-order valence-electron chi connectivity index (χ0n) is 17.2. The second-order valence-corrected chi connectivity index (χ2v) is 7.44. The van der Waals surface area contributed by atoms with E-state index in [1.165, 1.54) is 15.5 Å². The summed E-state index contributed by atoms with van der Waals surface area (Å²) >= 11 is 6.19. The molecule has 0 unspecified atom stereocenters. The molecule has 0 spiro atoms. The average Bonchev–Trinajstić information content (AvgIpc) is 2.76. The first-order valence-corrected chi connectivity index (χ1v) is 9.89. The van der Waals surface area contributed by atoms with Crippen LogP contribution in [0.1, 0.15) is 15.9 Å². The number of benzene rings is 2. The van der Waals surface area contributed by atoms with Crippen molar-refractivity contribution in [1.82, 2.24) is 9.47 Å². The van der Waals surface area contributed by atoms with E-state index in [1.807, 2.05) is 18.2 Å². The van der Waals surface area contributed by atoms with Gasteiger partial charge in [-0.25, -0.2) is 0 Å². The van der Waals surface area contributed by atoms with Gasteiger partial charge in [0.25, 0.3) is 17.4 Å². The number of hydrogen-bond donors (Lipinski definition) is 1. The number of hydrogen-bond acceptors (Lipinski definition) is 4. The molecular formula is C23H22ClN3O4. The van der Waals surface area contributed by atoms with Gasteiger partial charge in [-0.2, -0.15) is 0 Å². The number of anilines is 1. The van der Waals surface area contributed by atoms with Crippen LogP contribution in [0.3, 0.4) is 0 Å². The van der Waals surface area contributed by atoms with E-state index in [1.54, 1.807) is 56.7 Å². The fourth-order valence-electron chi connectivity index (χ4n) is 2.74. The van der Waals surface area contributed by atoms with Crippen molar-refractivity contribution in [2.75, 3.05) is 26.0 Å². The van der Waals surface area contributed by atoms with E-state index in [0.717, 1.165) is 5.56 Å². The van der Waals surface area contributed by atoms with Crippen LogP contribution in [0.25, 0.3) is 0 Å². The monoisotopic (exact) mass is 439 g/mol.